The average molecular weight is 256 g/mol. The molecule has 2 heterocycles. The van der Waals surface area contributed by atoms with Gasteiger partial charge in [0.25, 0.3) is 5.56 Å². The van der Waals surface area contributed by atoms with Gasteiger partial charge in [-0.1, -0.05) is 11.8 Å². The Bertz CT molecular complexity index is 569. The molecule has 0 N–H and O–H groups in total. The van der Waals surface area contributed by atoms with Crippen LogP contribution >= 0.6 is 23.4 Å². The summed E-state index contributed by atoms with van der Waals surface area (Å²) in [5, 5.41) is 1.50. The van der Waals surface area contributed by atoms with Gasteiger partial charge in [0.1, 0.15) is 5.65 Å². The number of thioether (sulfide) groups is 1. The molecule has 0 radical (unpaired) electrons. The second-order valence-corrected chi connectivity index (χ2v) is 4.30. The molecule has 4 nitrogen and oxygen atoms in total. The first-order valence-corrected chi connectivity index (χ1v) is 6.48. The lowest BCUT2D eigenvalue weighted by atomic mass is 10.3. The van der Waals surface area contributed by atoms with Gasteiger partial charge in [0.15, 0.2) is 5.16 Å². The van der Waals surface area contributed by atoms with Gasteiger partial charge in [0, 0.05) is 30.1 Å². The van der Waals surface area contributed by atoms with Crippen molar-refractivity contribution in [2.75, 3.05) is 12.1 Å². The fourth-order valence-corrected chi connectivity index (χ4v) is 1.96. The zero-order chi connectivity index (χ0) is 11.5. The van der Waals surface area contributed by atoms with E-state index < -0.39 is 0 Å². The van der Waals surface area contributed by atoms with E-state index in [0.29, 0.717) is 23.2 Å². The molecule has 0 saturated carbocycles. The van der Waals surface area contributed by atoms with Crippen LogP contribution in [0.2, 0.25) is 0 Å². The highest BCUT2D eigenvalue weighted by Gasteiger charge is 2.05. The minimum atomic E-state index is -0.0843. The van der Waals surface area contributed by atoms with Crippen LogP contribution in [-0.2, 0) is 6.54 Å². The number of aromatic nitrogens is 3. The molecule has 2 rings (SSSR count). The van der Waals surface area contributed by atoms with Crippen molar-refractivity contribution in [3.05, 3.63) is 28.7 Å². The van der Waals surface area contributed by atoms with Crippen molar-refractivity contribution in [3.63, 3.8) is 0 Å². The van der Waals surface area contributed by atoms with Crippen LogP contribution in [0.1, 0.15) is 0 Å². The maximum atomic E-state index is 11.7. The lowest BCUT2D eigenvalue weighted by Gasteiger charge is -2.07. The number of aryl methyl sites for hydroxylation is 1. The number of halogens is 1. The van der Waals surface area contributed by atoms with Gasteiger partial charge in [0.05, 0.1) is 0 Å². The molecule has 2 aromatic rings. The molecule has 0 aromatic carbocycles. The minimum Gasteiger partial charge on any atom is -0.291 e. The first-order valence-electron chi connectivity index (χ1n) is 4.73. The summed E-state index contributed by atoms with van der Waals surface area (Å²) in [4.78, 5) is 20.1. The molecule has 0 atom stereocenters. The molecule has 84 valence electrons. The monoisotopic (exact) mass is 255 g/mol. The summed E-state index contributed by atoms with van der Waals surface area (Å²) in [6.07, 6.45) is 3.62. The smallest absolute Gasteiger partial charge is 0.252 e. The molecule has 0 unspecified atom stereocenters. The summed E-state index contributed by atoms with van der Waals surface area (Å²) >= 11 is 7.12. The maximum Gasteiger partial charge on any atom is 0.252 e. The van der Waals surface area contributed by atoms with E-state index >= 15 is 0 Å². The highest BCUT2D eigenvalue weighted by atomic mass is 35.5. The Morgan fingerprint density at radius 1 is 1.50 bits per heavy atom. The molecule has 6 heteroatoms. The van der Waals surface area contributed by atoms with Gasteiger partial charge in [-0.25, -0.2) is 9.97 Å². The van der Waals surface area contributed by atoms with Crippen molar-refractivity contribution in [2.45, 2.75) is 11.7 Å². The van der Waals surface area contributed by atoms with E-state index in [2.05, 4.69) is 9.97 Å². The third kappa shape index (κ3) is 2.05. The van der Waals surface area contributed by atoms with Gasteiger partial charge in [0.2, 0.25) is 0 Å². The lowest BCUT2D eigenvalue weighted by molar-refractivity contribution is 0.746. The van der Waals surface area contributed by atoms with Crippen molar-refractivity contribution in [1.82, 2.24) is 14.5 Å². The largest absolute Gasteiger partial charge is 0.291 e. The zero-order valence-electron chi connectivity index (χ0n) is 8.68. The lowest BCUT2D eigenvalue weighted by Crippen LogP contribution is -2.21. The summed E-state index contributed by atoms with van der Waals surface area (Å²) < 4.78 is 1.57. The quantitative estimate of drug-likeness (QED) is 0.476. The molecule has 0 aliphatic heterocycles. The second-order valence-electron chi connectivity index (χ2n) is 3.15. The Kier molecular flexibility index (Phi) is 3.46. The van der Waals surface area contributed by atoms with E-state index in [-0.39, 0.29) is 5.56 Å². The molecule has 0 aliphatic carbocycles. The van der Waals surface area contributed by atoms with Gasteiger partial charge >= 0.3 is 0 Å². The van der Waals surface area contributed by atoms with Crippen molar-refractivity contribution < 1.29 is 0 Å². The van der Waals surface area contributed by atoms with Gasteiger partial charge in [-0.15, -0.1) is 11.6 Å². The second kappa shape index (κ2) is 4.84. The molecular weight excluding hydrogens is 246 g/mol. The fraction of sp³-hybridized carbons (Fsp3) is 0.300. The predicted molar refractivity (Wildman–Crippen MR) is 66.3 cm³/mol. The molecule has 0 spiro atoms. The third-order valence-electron chi connectivity index (χ3n) is 2.19. The molecule has 0 fully saturated rings. The molecule has 0 saturated heterocycles. The predicted octanol–water partition coefficient (Wildman–Crippen LogP) is 1.75. The van der Waals surface area contributed by atoms with E-state index in [1.165, 1.54) is 17.8 Å². The van der Waals surface area contributed by atoms with E-state index in [1.807, 2.05) is 6.26 Å². The SMILES string of the molecule is CSc1ncc2ccc(=O)n(CCCl)c2n1. The molecule has 0 aliphatic rings. The van der Waals surface area contributed by atoms with Crippen LogP contribution < -0.4 is 5.56 Å². The van der Waals surface area contributed by atoms with E-state index in [9.17, 15) is 4.79 Å². The summed E-state index contributed by atoms with van der Waals surface area (Å²) in [6.45, 7) is 0.461. The molecule has 0 bridgehead atoms. The first kappa shape index (κ1) is 11.4. The Balaban J connectivity index is 2.72. The Morgan fingerprint density at radius 3 is 3.00 bits per heavy atom. The highest BCUT2D eigenvalue weighted by molar-refractivity contribution is 7.98. The van der Waals surface area contributed by atoms with Gasteiger partial charge in [-0.2, -0.15) is 0 Å². The van der Waals surface area contributed by atoms with Crippen LogP contribution in [-0.4, -0.2) is 26.7 Å². The first-order chi connectivity index (χ1) is 7.76. The topological polar surface area (TPSA) is 47.8 Å². The van der Waals surface area contributed by atoms with Crippen LogP contribution in [0.5, 0.6) is 0 Å². The number of nitrogens with zero attached hydrogens (tertiary/aromatic N) is 3. The van der Waals surface area contributed by atoms with Crippen LogP contribution in [0.4, 0.5) is 0 Å². The number of pyridine rings is 1. The zero-order valence-corrected chi connectivity index (χ0v) is 10.3. The molecular formula is C10H10ClN3OS. The average Bonchev–Trinajstić information content (AvgIpc) is 2.32. The highest BCUT2D eigenvalue weighted by Crippen LogP contribution is 2.13. The van der Waals surface area contributed by atoms with Gasteiger partial charge in [-0.05, 0) is 12.3 Å². The number of hydrogen-bond acceptors (Lipinski definition) is 4. The van der Waals surface area contributed by atoms with Crippen LogP contribution in [0, 0.1) is 0 Å². The Hall–Kier alpha value is -1.07. The van der Waals surface area contributed by atoms with Crippen molar-refractivity contribution in [3.8, 4) is 0 Å². The summed E-state index contributed by atoms with van der Waals surface area (Å²) in [5.41, 5.74) is 0.561. The molecule has 0 amide bonds. The summed E-state index contributed by atoms with van der Waals surface area (Å²) in [6, 6.07) is 3.24. The van der Waals surface area contributed by atoms with Crippen LogP contribution in [0.25, 0.3) is 11.0 Å². The van der Waals surface area contributed by atoms with E-state index in [0.717, 1.165) is 5.39 Å². The van der Waals surface area contributed by atoms with E-state index in [1.54, 1.807) is 16.8 Å². The molecule has 16 heavy (non-hydrogen) atoms. The fourth-order valence-electron chi connectivity index (χ4n) is 1.45. The third-order valence-corrected chi connectivity index (χ3v) is 2.92. The normalized spacial score (nSPS) is 10.9. The minimum absolute atomic E-state index is 0.0843. The Labute approximate surface area is 102 Å². The standard InChI is InChI=1S/C10H10ClN3OS/c1-16-10-12-6-7-2-3-8(15)14(5-4-11)9(7)13-10/h2-3,6H,4-5H2,1H3. The molecule has 2 aromatic heterocycles. The van der Waals surface area contributed by atoms with Crippen LogP contribution in [0.15, 0.2) is 28.3 Å². The number of alkyl halides is 1. The van der Waals surface area contributed by atoms with Crippen LogP contribution in [0.3, 0.4) is 0 Å². The summed E-state index contributed by atoms with van der Waals surface area (Å²) in [7, 11) is 0. The maximum absolute atomic E-state index is 11.7. The number of hydrogen-bond donors (Lipinski definition) is 0. The number of rotatable bonds is 3. The Morgan fingerprint density at radius 2 is 2.31 bits per heavy atom. The van der Waals surface area contributed by atoms with Gasteiger partial charge < -0.3 is 0 Å². The number of fused-ring (bicyclic) bond motifs is 1. The van der Waals surface area contributed by atoms with Crippen molar-refractivity contribution >= 4 is 34.4 Å². The van der Waals surface area contributed by atoms with Crippen molar-refractivity contribution in [2.24, 2.45) is 0 Å². The van der Waals surface area contributed by atoms with Crippen molar-refractivity contribution in [1.29, 1.82) is 0 Å². The van der Waals surface area contributed by atoms with E-state index in [4.69, 9.17) is 11.6 Å². The van der Waals surface area contributed by atoms with Gasteiger partial charge in [-0.3, -0.25) is 9.36 Å². The summed E-state index contributed by atoms with van der Waals surface area (Å²) in [5.74, 6) is 0.387.